The highest BCUT2D eigenvalue weighted by atomic mass is 32.2. The maximum atomic E-state index is 4.53. The van der Waals surface area contributed by atoms with Gasteiger partial charge in [-0.3, -0.25) is 0 Å². The summed E-state index contributed by atoms with van der Waals surface area (Å²) in [5.41, 5.74) is 4.67. The average molecular weight is 397 g/mol. The van der Waals surface area contributed by atoms with Gasteiger partial charge >= 0.3 is 0 Å². The Bertz CT molecular complexity index is 1200. The standard InChI is InChI=1S/C24H20N4S/c1-28-23(20-16-25-21-15-9-8-14-19(20)21)26-27-24(28)29-22(17-10-4-2-5-11-17)18-12-6-3-7-13-18/h2-16,22,25H,1H3. The molecule has 29 heavy (non-hydrogen) atoms. The number of rotatable bonds is 5. The molecule has 0 saturated carbocycles. The molecule has 0 radical (unpaired) electrons. The van der Waals surface area contributed by atoms with E-state index in [1.54, 1.807) is 11.8 Å². The average Bonchev–Trinajstić information content (AvgIpc) is 3.36. The van der Waals surface area contributed by atoms with Crippen molar-refractivity contribution in [3.63, 3.8) is 0 Å². The van der Waals surface area contributed by atoms with Crippen LogP contribution in [0.3, 0.4) is 0 Å². The monoisotopic (exact) mass is 396 g/mol. The van der Waals surface area contributed by atoms with Crippen molar-refractivity contribution < 1.29 is 0 Å². The van der Waals surface area contributed by atoms with Crippen LogP contribution in [0, 0.1) is 0 Å². The molecule has 2 aromatic heterocycles. The number of aromatic nitrogens is 4. The van der Waals surface area contributed by atoms with E-state index in [1.165, 1.54) is 11.1 Å². The molecule has 0 amide bonds. The Labute approximate surface area is 173 Å². The highest BCUT2D eigenvalue weighted by Crippen LogP contribution is 2.40. The second-order valence-electron chi connectivity index (χ2n) is 6.93. The van der Waals surface area contributed by atoms with Gasteiger partial charge in [-0.2, -0.15) is 0 Å². The molecule has 142 valence electrons. The molecule has 0 aliphatic heterocycles. The molecule has 0 unspecified atom stereocenters. The van der Waals surface area contributed by atoms with Crippen LogP contribution in [0.1, 0.15) is 16.4 Å². The topological polar surface area (TPSA) is 46.5 Å². The Hall–Kier alpha value is -3.31. The maximum absolute atomic E-state index is 4.53. The van der Waals surface area contributed by atoms with Crippen LogP contribution in [-0.2, 0) is 7.05 Å². The van der Waals surface area contributed by atoms with Crippen LogP contribution in [-0.4, -0.2) is 19.7 Å². The first-order valence-electron chi connectivity index (χ1n) is 9.53. The summed E-state index contributed by atoms with van der Waals surface area (Å²) in [7, 11) is 2.03. The van der Waals surface area contributed by atoms with Crippen molar-refractivity contribution in [2.45, 2.75) is 10.4 Å². The molecule has 0 fully saturated rings. The van der Waals surface area contributed by atoms with Gasteiger partial charge in [-0.15, -0.1) is 10.2 Å². The number of fused-ring (bicyclic) bond motifs is 1. The summed E-state index contributed by atoms with van der Waals surface area (Å²) >= 11 is 1.72. The molecule has 5 aromatic rings. The summed E-state index contributed by atoms with van der Waals surface area (Å²) in [5, 5.41) is 11.2. The van der Waals surface area contributed by atoms with Crippen molar-refractivity contribution in [1.29, 1.82) is 0 Å². The lowest BCUT2D eigenvalue weighted by Crippen LogP contribution is -2.00. The smallest absolute Gasteiger partial charge is 0.192 e. The first-order valence-corrected chi connectivity index (χ1v) is 10.4. The Morgan fingerprint density at radius 3 is 2.10 bits per heavy atom. The summed E-state index contributed by atoms with van der Waals surface area (Å²) < 4.78 is 2.08. The van der Waals surface area contributed by atoms with Crippen molar-refractivity contribution in [2.24, 2.45) is 7.05 Å². The second kappa shape index (κ2) is 7.60. The molecule has 5 rings (SSSR count). The highest BCUT2D eigenvalue weighted by molar-refractivity contribution is 7.99. The third kappa shape index (κ3) is 3.34. The van der Waals surface area contributed by atoms with Crippen molar-refractivity contribution >= 4 is 22.7 Å². The third-order valence-electron chi connectivity index (χ3n) is 5.09. The lowest BCUT2D eigenvalue weighted by molar-refractivity contribution is 0.791. The molecule has 5 heteroatoms. The van der Waals surface area contributed by atoms with E-state index in [0.29, 0.717) is 0 Å². The van der Waals surface area contributed by atoms with Gasteiger partial charge in [0.05, 0.1) is 5.25 Å². The lowest BCUT2D eigenvalue weighted by atomic mass is 10.0. The van der Waals surface area contributed by atoms with Gasteiger partial charge in [0, 0.05) is 29.7 Å². The zero-order chi connectivity index (χ0) is 19.6. The van der Waals surface area contributed by atoms with Gasteiger partial charge in [0.25, 0.3) is 0 Å². The van der Waals surface area contributed by atoms with Crippen LogP contribution in [0.2, 0.25) is 0 Å². The van der Waals surface area contributed by atoms with E-state index < -0.39 is 0 Å². The SMILES string of the molecule is Cn1c(SC(c2ccccc2)c2ccccc2)nnc1-c1c[nH]c2ccccc12. The number of nitrogens with zero attached hydrogens (tertiary/aromatic N) is 3. The molecule has 0 atom stereocenters. The number of aromatic amines is 1. The number of H-pyrrole nitrogens is 1. The highest BCUT2D eigenvalue weighted by Gasteiger charge is 2.21. The van der Waals surface area contributed by atoms with E-state index >= 15 is 0 Å². The molecule has 0 spiro atoms. The Morgan fingerprint density at radius 2 is 1.41 bits per heavy atom. The zero-order valence-corrected chi connectivity index (χ0v) is 16.8. The summed E-state index contributed by atoms with van der Waals surface area (Å²) in [6, 6.07) is 29.4. The molecule has 0 aliphatic rings. The molecule has 3 aromatic carbocycles. The van der Waals surface area contributed by atoms with Crippen LogP contribution >= 0.6 is 11.8 Å². The van der Waals surface area contributed by atoms with E-state index in [0.717, 1.165) is 27.4 Å². The third-order valence-corrected chi connectivity index (χ3v) is 6.44. The molecule has 0 saturated heterocycles. The van der Waals surface area contributed by atoms with Crippen LogP contribution in [0.5, 0.6) is 0 Å². The lowest BCUT2D eigenvalue weighted by Gasteiger charge is -2.17. The second-order valence-corrected chi connectivity index (χ2v) is 8.00. The van der Waals surface area contributed by atoms with Crippen molar-refractivity contribution in [2.75, 3.05) is 0 Å². The minimum absolute atomic E-state index is 0.149. The normalized spacial score (nSPS) is 11.4. The van der Waals surface area contributed by atoms with E-state index in [4.69, 9.17) is 0 Å². The number of thioether (sulfide) groups is 1. The summed E-state index contributed by atoms with van der Waals surface area (Å²) in [5.74, 6) is 0.866. The fourth-order valence-corrected chi connectivity index (χ4v) is 4.73. The predicted octanol–water partition coefficient (Wildman–Crippen LogP) is 5.85. The van der Waals surface area contributed by atoms with Crippen molar-refractivity contribution in [1.82, 2.24) is 19.7 Å². The number of para-hydroxylation sites is 1. The van der Waals surface area contributed by atoms with Gasteiger partial charge in [-0.1, -0.05) is 90.6 Å². The van der Waals surface area contributed by atoms with Gasteiger partial charge in [-0.05, 0) is 17.2 Å². The van der Waals surface area contributed by atoms with Gasteiger partial charge in [-0.25, -0.2) is 0 Å². The van der Waals surface area contributed by atoms with Crippen LogP contribution in [0.15, 0.2) is 96.3 Å². The van der Waals surface area contributed by atoms with E-state index in [-0.39, 0.29) is 5.25 Å². The van der Waals surface area contributed by atoms with Gasteiger partial charge in [0.1, 0.15) is 0 Å². The number of nitrogens with one attached hydrogen (secondary N) is 1. The van der Waals surface area contributed by atoms with Gasteiger partial charge < -0.3 is 9.55 Å². The number of hydrogen-bond acceptors (Lipinski definition) is 3. The van der Waals surface area contributed by atoms with E-state index in [9.17, 15) is 0 Å². The molecular weight excluding hydrogens is 376 g/mol. The molecule has 1 N–H and O–H groups in total. The zero-order valence-electron chi connectivity index (χ0n) is 16.0. The van der Waals surface area contributed by atoms with E-state index in [2.05, 4.69) is 80.4 Å². The minimum atomic E-state index is 0.149. The number of benzene rings is 3. The summed E-state index contributed by atoms with van der Waals surface area (Å²) in [6.07, 6.45) is 2.01. The molecule has 0 aliphatic carbocycles. The van der Waals surface area contributed by atoms with E-state index in [1.807, 2.05) is 37.5 Å². The Balaban J connectivity index is 1.54. The van der Waals surface area contributed by atoms with Crippen LogP contribution in [0.4, 0.5) is 0 Å². The summed E-state index contributed by atoms with van der Waals surface area (Å²) in [4.78, 5) is 3.33. The van der Waals surface area contributed by atoms with Gasteiger partial charge in [0.2, 0.25) is 0 Å². The Morgan fingerprint density at radius 1 is 0.793 bits per heavy atom. The van der Waals surface area contributed by atoms with Crippen LogP contribution in [0.25, 0.3) is 22.3 Å². The largest absolute Gasteiger partial charge is 0.360 e. The predicted molar refractivity (Wildman–Crippen MR) is 119 cm³/mol. The van der Waals surface area contributed by atoms with Crippen molar-refractivity contribution in [3.8, 4) is 11.4 Å². The first-order chi connectivity index (χ1) is 14.3. The molecule has 0 bridgehead atoms. The van der Waals surface area contributed by atoms with Crippen molar-refractivity contribution in [3.05, 3.63) is 102 Å². The molecule has 2 heterocycles. The van der Waals surface area contributed by atoms with Crippen LogP contribution < -0.4 is 0 Å². The molecule has 4 nitrogen and oxygen atoms in total. The Kier molecular flexibility index (Phi) is 4.66. The first kappa shape index (κ1) is 17.8. The van der Waals surface area contributed by atoms with Gasteiger partial charge in [0.15, 0.2) is 11.0 Å². The fraction of sp³-hybridized carbons (Fsp3) is 0.0833. The quantitative estimate of drug-likeness (QED) is 0.379. The fourth-order valence-electron chi connectivity index (χ4n) is 3.60. The maximum Gasteiger partial charge on any atom is 0.192 e. The number of hydrogen-bond donors (Lipinski definition) is 1. The molecular formula is C24H20N4S. The summed E-state index contributed by atoms with van der Waals surface area (Å²) in [6.45, 7) is 0. The minimum Gasteiger partial charge on any atom is -0.360 e.